The minimum absolute atomic E-state index is 0.269. The average Bonchev–Trinajstić information content (AvgIpc) is 2.45. The monoisotopic (exact) mass is 379 g/mol. The Morgan fingerprint density at radius 2 is 1.90 bits per heavy atom. The zero-order chi connectivity index (χ0) is 14.5. The van der Waals surface area contributed by atoms with Crippen LogP contribution in [-0.4, -0.2) is 11.1 Å². The van der Waals surface area contributed by atoms with Gasteiger partial charge in [-0.25, -0.2) is 4.79 Å². The predicted octanol–water partition coefficient (Wildman–Crippen LogP) is 4.47. The van der Waals surface area contributed by atoms with Gasteiger partial charge in [0.25, 0.3) is 0 Å². The van der Waals surface area contributed by atoms with Crippen molar-refractivity contribution in [2.45, 2.75) is 6.54 Å². The van der Waals surface area contributed by atoms with E-state index in [1.165, 1.54) is 0 Å². The van der Waals surface area contributed by atoms with E-state index in [1.807, 2.05) is 30.3 Å². The topological polar surface area (TPSA) is 86.1 Å². The quantitative estimate of drug-likeness (QED) is 0.368. The first-order valence-electron chi connectivity index (χ1n) is 5.74. The third-order valence-electron chi connectivity index (χ3n) is 2.75. The second kappa shape index (κ2) is 6.40. The molecule has 2 aromatic rings. The van der Waals surface area contributed by atoms with E-state index in [9.17, 15) is 4.79 Å². The number of hydrogen-bond donors (Lipinski definition) is 1. The molecule has 0 aliphatic heterocycles. The molecule has 0 amide bonds. The van der Waals surface area contributed by atoms with E-state index in [0.29, 0.717) is 6.54 Å². The highest BCUT2D eigenvalue weighted by Crippen LogP contribution is 2.24. The highest BCUT2D eigenvalue weighted by Gasteiger charge is 2.07. The Kier molecular flexibility index (Phi) is 4.60. The molecule has 0 aliphatic rings. The Balaban J connectivity index is 2.36. The summed E-state index contributed by atoms with van der Waals surface area (Å²) < 4.78 is 0.871. The second-order valence-electron chi connectivity index (χ2n) is 4.12. The molecule has 0 fully saturated rings. The van der Waals surface area contributed by atoms with Crippen LogP contribution in [0.4, 0.5) is 0 Å². The summed E-state index contributed by atoms with van der Waals surface area (Å²) in [4.78, 5) is 13.8. The third kappa shape index (κ3) is 3.49. The summed E-state index contributed by atoms with van der Waals surface area (Å²) in [5.41, 5.74) is 11.2. The lowest BCUT2D eigenvalue weighted by Crippen LogP contribution is -1.97. The molecule has 0 radical (unpaired) electrons. The molecule has 0 unspecified atom stereocenters. The standard InChI is InChI=1S/C14H10IN3O2/c15-13-6-11(5-12(7-13)14(19)20)10-3-1-9(2-4-10)8-17-18-16/h1-7H,8H2,(H,19,20). The van der Waals surface area contributed by atoms with E-state index in [-0.39, 0.29) is 5.56 Å². The molecule has 1 N–H and O–H groups in total. The van der Waals surface area contributed by atoms with Crippen molar-refractivity contribution in [3.8, 4) is 11.1 Å². The first-order valence-corrected chi connectivity index (χ1v) is 6.82. The van der Waals surface area contributed by atoms with Crippen LogP contribution in [-0.2, 0) is 6.54 Å². The van der Waals surface area contributed by atoms with Gasteiger partial charge in [-0.15, -0.1) is 0 Å². The SMILES string of the molecule is [N-]=[N+]=NCc1ccc(-c2cc(I)cc(C(=O)O)c2)cc1. The van der Waals surface area contributed by atoms with Crippen LogP contribution in [0, 0.1) is 3.57 Å². The van der Waals surface area contributed by atoms with Gasteiger partial charge in [0.2, 0.25) is 0 Å². The number of carbonyl (C=O) groups is 1. The van der Waals surface area contributed by atoms with Gasteiger partial charge in [-0.1, -0.05) is 29.4 Å². The number of halogens is 1. The fourth-order valence-electron chi connectivity index (χ4n) is 1.80. The summed E-state index contributed by atoms with van der Waals surface area (Å²) in [5.74, 6) is -0.940. The van der Waals surface area contributed by atoms with E-state index in [2.05, 4.69) is 32.6 Å². The fourth-order valence-corrected chi connectivity index (χ4v) is 2.47. The number of carboxylic acids is 1. The van der Waals surface area contributed by atoms with Gasteiger partial charge >= 0.3 is 5.97 Å². The normalized spacial score (nSPS) is 9.85. The highest BCUT2D eigenvalue weighted by atomic mass is 127. The van der Waals surface area contributed by atoms with E-state index in [4.69, 9.17) is 10.6 Å². The summed E-state index contributed by atoms with van der Waals surface area (Å²) in [7, 11) is 0. The lowest BCUT2D eigenvalue weighted by atomic mass is 10.0. The minimum atomic E-state index is -0.940. The lowest BCUT2D eigenvalue weighted by molar-refractivity contribution is 0.0697. The van der Waals surface area contributed by atoms with Gasteiger partial charge in [-0.3, -0.25) is 0 Å². The molecule has 2 aromatic carbocycles. The zero-order valence-electron chi connectivity index (χ0n) is 10.3. The molecule has 5 nitrogen and oxygen atoms in total. The molecule has 0 saturated carbocycles. The lowest BCUT2D eigenvalue weighted by Gasteiger charge is -2.06. The van der Waals surface area contributed by atoms with Crippen LogP contribution in [0.25, 0.3) is 21.6 Å². The second-order valence-corrected chi connectivity index (χ2v) is 5.37. The van der Waals surface area contributed by atoms with Crippen LogP contribution in [0.15, 0.2) is 47.6 Å². The van der Waals surface area contributed by atoms with Gasteiger partial charge < -0.3 is 5.11 Å². The van der Waals surface area contributed by atoms with E-state index in [1.54, 1.807) is 12.1 Å². The van der Waals surface area contributed by atoms with Gasteiger partial charge in [0.15, 0.2) is 0 Å². The minimum Gasteiger partial charge on any atom is -0.478 e. The molecule has 0 atom stereocenters. The molecular formula is C14H10IN3O2. The average molecular weight is 379 g/mol. The largest absolute Gasteiger partial charge is 0.478 e. The van der Waals surface area contributed by atoms with Crippen LogP contribution in [0.2, 0.25) is 0 Å². The summed E-state index contributed by atoms with van der Waals surface area (Å²) in [6.45, 7) is 0.309. The molecule has 6 heteroatoms. The third-order valence-corrected chi connectivity index (χ3v) is 3.37. The summed E-state index contributed by atoms with van der Waals surface area (Å²) in [5, 5.41) is 12.6. The summed E-state index contributed by atoms with van der Waals surface area (Å²) in [6, 6.07) is 12.7. The smallest absolute Gasteiger partial charge is 0.335 e. The number of nitrogens with zero attached hydrogens (tertiary/aromatic N) is 3. The molecule has 0 aliphatic carbocycles. The van der Waals surface area contributed by atoms with Gasteiger partial charge in [0, 0.05) is 8.48 Å². The number of aromatic carboxylic acids is 1. The van der Waals surface area contributed by atoms with E-state index >= 15 is 0 Å². The fraction of sp³-hybridized carbons (Fsp3) is 0.0714. The van der Waals surface area contributed by atoms with Crippen LogP contribution < -0.4 is 0 Å². The van der Waals surface area contributed by atoms with Gasteiger partial charge in [0.1, 0.15) is 0 Å². The first kappa shape index (κ1) is 14.4. The molecular weight excluding hydrogens is 369 g/mol. The predicted molar refractivity (Wildman–Crippen MR) is 84.4 cm³/mol. The molecule has 20 heavy (non-hydrogen) atoms. The van der Waals surface area contributed by atoms with Crippen LogP contribution >= 0.6 is 22.6 Å². The Labute approximate surface area is 129 Å². The summed E-state index contributed by atoms with van der Waals surface area (Å²) >= 11 is 2.10. The van der Waals surface area contributed by atoms with Crippen molar-refractivity contribution < 1.29 is 9.90 Å². The molecule has 0 saturated heterocycles. The van der Waals surface area contributed by atoms with E-state index < -0.39 is 5.97 Å². The molecule has 2 rings (SSSR count). The van der Waals surface area contributed by atoms with Crippen molar-refractivity contribution in [3.63, 3.8) is 0 Å². The van der Waals surface area contributed by atoms with Crippen molar-refractivity contribution in [2.24, 2.45) is 5.11 Å². The number of benzene rings is 2. The van der Waals surface area contributed by atoms with E-state index in [0.717, 1.165) is 20.3 Å². The van der Waals surface area contributed by atoms with Gasteiger partial charge in [-0.2, -0.15) is 0 Å². The maximum Gasteiger partial charge on any atom is 0.335 e. The van der Waals surface area contributed by atoms with Gasteiger partial charge in [0.05, 0.1) is 12.1 Å². The van der Waals surface area contributed by atoms with Gasteiger partial charge in [-0.05, 0) is 63.0 Å². The Bertz CT molecular complexity index is 692. The highest BCUT2D eigenvalue weighted by molar-refractivity contribution is 14.1. The van der Waals surface area contributed by atoms with Crippen LogP contribution in [0.5, 0.6) is 0 Å². The Morgan fingerprint density at radius 1 is 1.20 bits per heavy atom. The van der Waals surface area contributed by atoms with Crippen LogP contribution in [0.1, 0.15) is 15.9 Å². The maximum atomic E-state index is 11.1. The van der Waals surface area contributed by atoms with Crippen molar-refractivity contribution in [1.29, 1.82) is 0 Å². The van der Waals surface area contributed by atoms with Crippen molar-refractivity contribution in [3.05, 3.63) is 67.6 Å². The summed E-state index contributed by atoms with van der Waals surface area (Å²) in [6.07, 6.45) is 0. The Hall–Kier alpha value is -2.05. The number of rotatable bonds is 4. The molecule has 0 heterocycles. The first-order chi connectivity index (χ1) is 9.60. The molecule has 0 bridgehead atoms. The zero-order valence-corrected chi connectivity index (χ0v) is 12.5. The van der Waals surface area contributed by atoms with Crippen molar-refractivity contribution in [2.75, 3.05) is 0 Å². The van der Waals surface area contributed by atoms with Crippen molar-refractivity contribution in [1.82, 2.24) is 0 Å². The maximum absolute atomic E-state index is 11.1. The van der Waals surface area contributed by atoms with Crippen LogP contribution in [0.3, 0.4) is 0 Å². The molecule has 0 spiro atoms. The number of hydrogen-bond acceptors (Lipinski definition) is 2. The Morgan fingerprint density at radius 3 is 2.50 bits per heavy atom. The number of azide groups is 1. The van der Waals surface area contributed by atoms with Crippen molar-refractivity contribution >= 4 is 28.6 Å². The molecule has 100 valence electrons. The molecule has 0 aromatic heterocycles. The number of carboxylic acid groups (broad SMARTS) is 1.